The highest BCUT2D eigenvalue weighted by Crippen LogP contribution is 2.27. The molecule has 0 fully saturated rings. The Morgan fingerprint density at radius 1 is 1.33 bits per heavy atom. The lowest BCUT2D eigenvalue weighted by atomic mass is 9.91. The Balaban J connectivity index is 3.32. The molecule has 0 aromatic carbocycles. The zero-order valence-electron chi connectivity index (χ0n) is 8.40. The van der Waals surface area contributed by atoms with E-state index in [-0.39, 0.29) is 11.2 Å². The Bertz CT molecular complexity index is 292. The summed E-state index contributed by atoms with van der Waals surface area (Å²) in [6.45, 7) is 7.85. The van der Waals surface area contributed by atoms with Gasteiger partial charge in [-0.05, 0) is 6.92 Å². The van der Waals surface area contributed by atoms with Crippen LogP contribution in [0.2, 0.25) is 0 Å². The second-order valence-electron chi connectivity index (χ2n) is 4.34. The van der Waals surface area contributed by atoms with Crippen LogP contribution in [0.25, 0.3) is 0 Å². The van der Waals surface area contributed by atoms with Crippen LogP contribution in [0.5, 0.6) is 0 Å². The molecule has 0 saturated carbocycles. The standard InChI is InChI=1S/C10H16FN/c1-7-6-12(5)9(8(7)11)10(2,3)4/h6H,1-5H3. The summed E-state index contributed by atoms with van der Waals surface area (Å²) in [5.74, 6) is -0.0648. The monoisotopic (exact) mass is 169 g/mol. The largest absolute Gasteiger partial charge is 0.351 e. The maximum Gasteiger partial charge on any atom is 0.147 e. The van der Waals surface area contributed by atoms with Gasteiger partial charge in [-0.2, -0.15) is 0 Å². The molecule has 2 heteroatoms. The Hall–Kier alpha value is -0.790. The van der Waals surface area contributed by atoms with Gasteiger partial charge < -0.3 is 4.57 Å². The zero-order valence-corrected chi connectivity index (χ0v) is 8.40. The average Bonchev–Trinajstić information content (AvgIpc) is 2.05. The van der Waals surface area contributed by atoms with Crippen molar-refractivity contribution in [1.82, 2.24) is 4.57 Å². The molecule has 0 bridgehead atoms. The van der Waals surface area contributed by atoms with Crippen LogP contribution >= 0.6 is 0 Å². The third-order valence-electron chi connectivity index (χ3n) is 2.00. The molecule has 0 aliphatic heterocycles. The van der Waals surface area contributed by atoms with E-state index in [1.807, 2.05) is 38.6 Å². The molecular formula is C10H16FN. The fourth-order valence-electron chi connectivity index (χ4n) is 1.61. The van der Waals surface area contributed by atoms with Gasteiger partial charge in [-0.1, -0.05) is 20.8 Å². The Morgan fingerprint density at radius 2 is 1.83 bits per heavy atom. The van der Waals surface area contributed by atoms with Crippen LogP contribution in [-0.4, -0.2) is 4.57 Å². The predicted octanol–water partition coefficient (Wildman–Crippen LogP) is 2.77. The number of halogens is 1. The molecule has 0 N–H and O–H groups in total. The summed E-state index contributed by atoms with van der Waals surface area (Å²) in [6, 6.07) is 0. The molecule has 0 atom stereocenters. The lowest BCUT2D eigenvalue weighted by Gasteiger charge is -2.19. The van der Waals surface area contributed by atoms with Crippen molar-refractivity contribution in [2.45, 2.75) is 33.1 Å². The summed E-state index contributed by atoms with van der Waals surface area (Å²) in [4.78, 5) is 0. The minimum atomic E-state index is -0.118. The summed E-state index contributed by atoms with van der Waals surface area (Å²) in [7, 11) is 1.89. The Morgan fingerprint density at radius 3 is 2.00 bits per heavy atom. The van der Waals surface area contributed by atoms with Gasteiger partial charge in [0.15, 0.2) is 0 Å². The van der Waals surface area contributed by atoms with Crippen LogP contribution in [0.3, 0.4) is 0 Å². The van der Waals surface area contributed by atoms with E-state index >= 15 is 0 Å². The molecular weight excluding hydrogens is 153 g/mol. The van der Waals surface area contributed by atoms with Crippen LogP contribution in [-0.2, 0) is 12.5 Å². The van der Waals surface area contributed by atoms with Gasteiger partial charge in [0.1, 0.15) is 5.82 Å². The predicted molar refractivity (Wildman–Crippen MR) is 48.8 cm³/mol. The van der Waals surface area contributed by atoms with Crippen molar-refractivity contribution < 1.29 is 4.39 Å². The van der Waals surface area contributed by atoms with E-state index < -0.39 is 0 Å². The smallest absolute Gasteiger partial charge is 0.147 e. The molecule has 68 valence electrons. The van der Waals surface area contributed by atoms with Crippen molar-refractivity contribution in [3.63, 3.8) is 0 Å². The first-order valence-electron chi connectivity index (χ1n) is 4.16. The first kappa shape index (κ1) is 9.30. The molecule has 0 aliphatic carbocycles. The first-order chi connectivity index (χ1) is 5.34. The third-order valence-corrected chi connectivity index (χ3v) is 2.00. The van der Waals surface area contributed by atoms with Crippen molar-refractivity contribution in [1.29, 1.82) is 0 Å². The zero-order chi connectivity index (χ0) is 9.52. The number of hydrogen-bond donors (Lipinski definition) is 0. The lowest BCUT2D eigenvalue weighted by molar-refractivity contribution is 0.489. The molecule has 0 aliphatic rings. The van der Waals surface area contributed by atoms with Crippen LogP contribution in [0.4, 0.5) is 4.39 Å². The topological polar surface area (TPSA) is 4.93 Å². The number of aromatic nitrogens is 1. The van der Waals surface area contributed by atoms with Crippen LogP contribution in [0.1, 0.15) is 32.0 Å². The molecule has 0 radical (unpaired) electrons. The summed E-state index contributed by atoms with van der Waals surface area (Å²) in [6.07, 6.45) is 1.83. The second-order valence-corrected chi connectivity index (χ2v) is 4.34. The fraction of sp³-hybridized carbons (Fsp3) is 0.600. The number of aryl methyl sites for hydroxylation is 2. The average molecular weight is 169 g/mol. The van der Waals surface area contributed by atoms with E-state index in [9.17, 15) is 4.39 Å². The number of rotatable bonds is 0. The van der Waals surface area contributed by atoms with E-state index in [1.165, 1.54) is 0 Å². The minimum Gasteiger partial charge on any atom is -0.351 e. The molecule has 0 unspecified atom stereocenters. The molecule has 12 heavy (non-hydrogen) atoms. The third kappa shape index (κ3) is 1.38. The maximum atomic E-state index is 13.5. The molecule has 1 nitrogen and oxygen atoms in total. The van der Waals surface area contributed by atoms with Crippen molar-refractivity contribution in [3.8, 4) is 0 Å². The molecule has 0 amide bonds. The molecule has 1 aromatic heterocycles. The Labute approximate surface area is 73.2 Å². The van der Waals surface area contributed by atoms with E-state index in [4.69, 9.17) is 0 Å². The van der Waals surface area contributed by atoms with Gasteiger partial charge in [0.05, 0.1) is 5.69 Å². The van der Waals surface area contributed by atoms with Gasteiger partial charge in [-0.15, -0.1) is 0 Å². The summed E-state index contributed by atoms with van der Waals surface area (Å²) < 4.78 is 15.4. The van der Waals surface area contributed by atoms with Crippen LogP contribution in [0, 0.1) is 12.7 Å². The van der Waals surface area contributed by atoms with Crippen molar-refractivity contribution in [2.24, 2.45) is 7.05 Å². The van der Waals surface area contributed by atoms with Crippen molar-refractivity contribution in [2.75, 3.05) is 0 Å². The van der Waals surface area contributed by atoms with Crippen molar-refractivity contribution in [3.05, 3.63) is 23.3 Å². The van der Waals surface area contributed by atoms with Gasteiger partial charge in [0.2, 0.25) is 0 Å². The quantitative estimate of drug-likeness (QED) is 0.562. The van der Waals surface area contributed by atoms with E-state index in [0.717, 1.165) is 11.3 Å². The maximum absolute atomic E-state index is 13.5. The Kier molecular flexibility index (Phi) is 2.02. The summed E-state index contributed by atoms with van der Waals surface area (Å²) in [5, 5.41) is 0. The summed E-state index contributed by atoms with van der Waals surface area (Å²) >= 11 is 0. The molecule has 1 heterocycles. The first-order valence-corrected chi connectivity index (χ1v) is 4.16. The molecule has 1 aromatic rings. The molecule has 0 spiro atoms. The van der Waals surface area contributed by atoms with E-state index in [0.29, 0.717) is 0 Å². The normalized spacial score (nSPS) is 12.2. The van der Waals surface area contributed by atoms with Gasteiger partial charge in [-0.25, -0.2) is 4.39 Å². The highest BCUT2D eigenvalue weighted by molar-refractivity contribution is 5.25. The molecule has 1 rings (SSSR count). The fourth-order valence-corrected chi connectivity index (χ4v) is 1.61. The summed E-state index contributed by atoms with van der Waals surface area (Å²) in [5.41, 5.74) is 1.38. The van der Waals surface area contributed by atoms with Crippen molar-refractivity contribution >= 4 is 0 Å². The van der Waals surface area contributed by atoms with Gasteiger partial charge in [0, 0.05) is 24.2 Å². The van der Waals surface area contributed by atoms with E-state index in [1.54, 1.807) is 6.92 Å². The number of hydrogen-bond acceptors (Lipinski definition) is 0. The highest BCUT2D eigenvalue weighted by Gasteiger charge is 2.23. The SMILES string of the molecule is Cc1cn(C)c(C(C)(C)C)c1F. The van der Waals surface area contributed by atoms with Crippen LogP contribution < -0.4 is 0 Å². The highest BCUT2D eigenvalue weighted by atomic mass is 19.1. The van der Waals surface area contributed by atoms with Gasteiger partial charge >= 0.3 is 0 Å². The number of nitrogens with zero attached hydrogens (tertiary/aromatic N) is 1. The van der Waals surface area contributed by atoms with Gasteiger partial charge in [-0.3, -0.25) is 0 Å². The molecule has 0 saturated heterocycles. The van der Waals surface area contributed by atoms with Gasteiger partial charge in [0.25, 0.3) is 0 Å². The second kappa shape index (κ2) is 2.61. The minimum absolute atomic E-state index is 0.0648. The van der Waals surface area contributed by atoms with Crippen LogP contribution in [0.15, 0.2) is 6.20 Å². The van der Waals surface area contributed by atoms with E-state index in [2.05, 4.69) is 0 Å². The lowest BCUT2D eigenvalue weighted by Crippen LogP contribution is -2.17.